The van der Waals surface area contributed by atoms with Gasteiger partial charge in [-0.3, -0.25) is 14.4 Å². The fraction of sp³-hybridized carbons (Fsp3) is 0.526. The number of nitrogens with one attached hydrogen (secondary N) is 1. The maximum absolute atomic E-state index is 12.4. The van der Waals surface area contributed by atoms with Gasteiger partial charge >= 0.3 is 11.9 Å². The maximum atomic E-state index is 12.4. The van der Waals surface area contributed by atoms with Gasteiger partial charge in [0.15, 0.2) is 6.10 Å². The molecule has 142 valence electrons. The number of rotatable bonds is 8. The predicted molar refractivity (Wildman–Crippen MR) is 93.2 cm³/mol. The third kappa shape index (κ3) is 6.48. The highest BCUT2D eigenvalue weighted by molar-refractivity contribution is 5.87. The first kappa shape index (κ1) is 19.9. The van der Waals surface area contributed by atoms with Gasteiger partial charge in [-0.2, -0.15) is 0 Å². The van der Waals surface area contributed by atoms with Crippen LogP contribution in [0.1, 0.15) is 44.6 Å². The molecule has 1 aromatic carbocycles. The number of ether oxygens (including phenoxy) is 2. The molecule has 1 aliphatic carbocycles. The van der Waals surface area contributed by atoms with E-state index < -0.39 is 30.4 Å². The zero-order valence-corrected chi connectivity index (χ0v) is 14.8. The van der Waals surface area contributed by atoms with Gasteiger partial charge in [0.05, 0.1) is 25.2 Å². The van der Waals surface area contributed by atoms with Gasteiger partial charge in [-0.25, -0.2) is 0 Å². The lowest BCUT2D eigenvalue weighted by atomic mass is 9.92. The Kier molecular flexibility index (Phi) is 7.59. The van der Waals surface area contributed by atoms with E-state index in [0.717, 1.165) is 38.2 Å². The van der Waals surface area contributed by atoms with Crippen molar-refractivity contribution >= 4 is 17.8 Å². The summed E-state index contributed by atoms with van der Waals surface area (Å²) in [5.41, 5.74) is 1.05. The van der Waals surface area contributed by atoms with Crippen molar-refractivity contribution in [2.75, 3.05) is 0 Å². The Hall–Kier alpha value is -2.41. The van der Waals surface area contributed by atoms with Gasteiger partial charge < -0.3 is 19.9 Å². The second-order valence-electron chi connectivity index (χ2n) is 6.43. The minimum atomic E-state index is -1.33. The van der Waals surface area contributed by atoms with Gasteiger partial charge in [-0.05, 0) is 18.4 Å². The van der Waals surface area contributed by atoms with Crippen LogP contribution >= 0.6 is 0 Å². The van der Waals surface area contributed by atoms with Gasteiger partial charge in [0, 0.05) is 6.92 Å². The van der Waals surface area contributed by atoms with Gasteiger partial charge in [-0.1, -0.05) is 43.2 Å². The molecule has 2 N–H and O–H groups in total. The van der Waals surface area contributed by atoms with Crippen LogP contribution in [0.2, 0.25) is 0 Å². The summed E-state index contributed by atoms with van der Waals surface area (Å²) in [6, 6.07) is 9.53. The van der Waals surface area contributed by atoms with Crippen molar-refractivity contribution in [2.24, 2.45) is 0 Å². The Bertz CT molecular complexity index is 602. The number of amides is 1. The molecule has 1 saturated carbocycles. The fourth-order valence-electron chi connectivity index (χ4n) is 3.06. The normalized spacial score (nSPS) is 20.8. The van der Waals surface area contributed by atoms with Crippen LogP contribution in [0.15, 0.2) is 30.3 Å². The van der Waals surface area contributed by atoms with E-state index in [1.807, 2.05) is 30.3 Å². The monoisotopic (exact) mass is 363 g/mol. The third-order valence-corrected chi connectivity index (χ3v) is 4.30. The van der Waals surface area contributed by atoms with Gasteiger partial charge in [0.2, 0.25) is 0 Å². The number of carboxylic acid groups (broad SMARTS) is 1. The molecular formula is C19H25NO6. The van der Waals surface area contributed by atoms with E-state index in [1.54, 1.807) is 0 Å². The van der Waals surface area contributed by atoms with E-state index in [2.05, 4.69) is 5.32 Å². The number of aliphatic carboxylic acids is 1. The molecule has 0 bridgehead atoms. The highest BCUT2D eigenvalue weighted by Crippen LogP contribution is 2.23. The van der Waals surface area contributed by atoms with Crippen molar-refractivity contribution in [1.29, 1.82) is 0 Å². The van der Waals surface area contributed by atoms with Crippen LogP contribution in [0.3, 0.4) is 0 Å². The minimum absolute atomic E-state index is 0.157. The van der Waals surface area contributed by atoms with Crippen molar-refractivity contribution in [3.05, 3.63) is 35.9 Å². The van der Waals surface area contributed by atoms with E-state index in [9.17, 15) is 14.4 Å². The Morgan fingerprint density at radius 2 is 1.88 bits per heavy atom. The lowest BCUT2D eigenvalue weighted by molar-refractivity contribution is -0.158. The number of carbonyl (C=O) groups excluding carboxylic acids is 2. The molecule has 7 heteroatoms. The zero-order chi connectivity index (χ0) is 18.9. The number of hydrogen-bond donors (Lipinski definition) is 2. The largest absolute Gasteiger partial charge is 0.481 e. The molecule has 1 aromatic rings. The van der Waals surface area contributed by atoms with Gasteiger partial charge in [0.25, 0.3) is 5.91 Å². The van der Waals surface area contributed by atoms with Crippen LogP contribution in [0.5, 0.6) is 0 Å². The minimum Gasteiger partial charge on any atom is -0.481 e. The van der Waals surface area contributed by atoms with Crippen molar-refractivity contribution in [1.82, 2.24) is 5.32 Å². The lowest BCUT2D eigenvalue weighted by Gasteiger charge is -2.33. The highest BCUT2D eigenvalue weighted by atomic mass is 16.5. The summed E-state index contributed by atoms with van der Waals surface area (Å²) in [4.78, 5) is 34.4. The van der Waals surface area contributed by atoms with E-state index in [0.29, 0.717) is 6.61 Å². The summed E-state index contributed by atoms with van der Waals surface area (Å²) in [6.45, 7) is 1.59. The van der Waals surface area contributed by atoms with Gasteiger partial charge in [-0.15, -0.1) is 0 Å². The fourth-order valence-corrected chi connectivity index (χ4v) is 3.06. The van der Waals surface area contributed by atoms with E-state index >= 15 is 0 Å². The van der Waals surface area contributed by atoms with Crippen LogP contribution in [-0.4, -0.2) is 41.2 Å². The summed E-state index contributed by atoms with van der Waals surface area (Å²) >= 11 is 0. The Labute approximate surface area is 152 Å². The first-order chi connectivity index (χ1) is 12.5. The summed E-state index contributed by atoms with van der Waals surface area (Å²) < 4.78 is 10.8. The molecule has 0 saturated heterocycles. The number of hydrogen-bond acceptors (Lipinski definition) is 5. The highest BCUT2D eigenvalue weighted by Gasteiger charge is 2.31. The molecule has 1 aliphatic rings. The molecule has 1 unspecified atom stereocenters. The number of esters is 1. The molecule has 0 aliphatic heterocycles. The molecule has 1 amide bonds. The summed E-state index contributed by atoms with van der Waals surface area (Å²) in [7, 11) is 0. The average molecular weight is 363 g/mol. The molecule has 0 aromatic heterocycles. The van der Waals surface area contributed by atoms with Crippen LogP contribution in [0, 0.1) is 0 Å². The topological polar surface area (TPSA) is 102 Å². The Balaban J connectivity index is 1.95. The van der Waals surface area contributed by atoms with Crippen LogP contribution in [-0.2, 0) is 30.5 Å². The molecule has 0 radical (unpaired) electrons. The standard InChI is InChI=1S/C19H25NO6/c1-13(21)26-17(11-18(22)23)19(24)20-15-9-5-6-10-16(15)25-12-14-7-3-2-4-8-14/h2-4,7-8,15-17H,5-6,9-12H2,1H3,(H,20,24)(H,22,23)/t15-,16?,17-/m1/s1. The molecule has 2 rings (SSSR count). The SMILES string of the molecule is CC(=O)O[C@H](CC(=O)O)C(=O)N[C@@H]1CCCCC1OCc1ccccc1. The molecule has 0 spiro atoms. The first-order valence-corrected chi connectivity index (χ1v) is 8.80. The molecule has 1 fully saturated rings. The van der Waals surface area contributed by atoms with Crippen LogP contribution in [0.4, 0.5) is 0 Å². The summed E-state index contributed by atoms with van der Waals surface area (Å²) in [5.74, 6) is -2.48. The van der Waals surface area contributed by atoms with Gasteiger partial charge in [0.1, 0.15) is 0 Å². The van der Waals surface area contributed by atoms with E-state index in [4.69, 9.17) is 14.6 Å². The molecule has 0 heterocycles. The van der Waals surface area contributed by atoms with E-state index in [-0.39, 0.29) is 12.1 Å². The lowest BCUT2D eigenvalue weighted by Crippen LogP contribution is -2.50. The molecular weight excluding hydrogens is 338 g/mol. The summed E-state index contributed by atoms with van der Waals surface area (Å²) in [5, 5.41) is 11.7. The zero-order valence-electron chi connectivity index (χ0n) is 14.8. The van der Waals surface area contributed by atoms with Crippen molar-refractivity contribution in [3.8, 4) is 0 Å². The average Bonchev–Trinajstić information content (AvgIpc) is 2.60. The van der Waals surface area contributed by atoms with Crippen molar-refractivity contribution < 1.29 is 29.0 Å². The first-order valence-electron chi connectivity index (χ1n) is 8.80. The van der Waals surface area contributed by atoms with Crippen LogP contribution < -0.4 is 5.32 Å². The number of carboxylic acids is 1. The second kappa shape index (κ2) is 9.91. The van der Waals surface area contributed by atoms with Crippen molar-refractivity contribution in [2.45, 2.75) is 63.9 Å². The van der Waals surface area contributed by atoms with E-state index in [1.165, 1.54) is 0 Å². The molecule has 7 nitrogen and oxygen atoms in total. The Morgan fingerprint density at radius 3 is 2.54 bits per heavy atom. The summed E-state index contributed by atoms with van der Waals surface area (Å²) in [6.07, 6.45) is 1.47. The third-order valence-electron chi connectivity index (χ3n) is 4.30. The molecule has 26 heavy (non-hydrogen) atoms. The predicted octanol–water partition coefficient (Wildman–Crippen LogP) is 2.04. The van der Waals surface area contributed by atoms with Crippen LogP contribution in [0.25, 0.3) is 0 Å². The van der Waals surface area contributed by atoms with Crippen molar-refractivity contribution in [3.63, 3.8) is 0 Å². The second-order valence-corrected chi connectivity index (χ2v) is 6.43. The number of carbonyl (C=O) groups is 3. The Morgan fingerprint density at radius 1 is 1.19 bits per heavy atom. The quantitative estimate of drug-likeness (QED) is 0.685. The smallest absolute Gasteiger partial charge is 0.307 e. The molecule has 3 atom stereocenters. The maximum Gasteiger partial charge on any atom is 0.307 e. The number of benzene rings is 1.